The van der Waals surface area contributed by atoms with Crippen molar-refractivity contribution in [3.63, 3.8) is 0 Å². The zero-order valence-electron chi connectivity index (χ0n) is 11.4. The third-order valence-electron chi connectivity index (χ3n) is 3.06. The first-order valence-electron chi connectivity index (χ1n) is 6.05. The number of sulfonamides is 1. The van der Waals surface area contributed by atoms with Gasteiger partial charge in [0.25, 0.3) is 10.0 Å². The van der Waals surface area contributed by atoms with E-state index in [1.54, 1.807) is 13.8 Å². The molecule has 3 N–H and O–H groups in total. The summed E-state index contributed by atoms with van der Waals surface area (Å²) in [5.41, 5.74) is 7.66. The van der Waals surface area contributed by atoms with Crippen LogP contribution in [0.5, 0.6) is 0 Å². The SMILES string of the molecule is Cc1cc(S(=O)(=O)Nc2cc(F)c(Br)cc2C)ccc1N. The molecule has 0 aliphatic carbocycles. The Hall–Kier alpha value is -1.60. The monoisotopic (exact) mass is 372 g/mol. The maximum absolute atomic E-state index is 13.6. The standard InChI is InChI=1S/C14H14BrFN2O2S/c1-8-5-10(3-4-13(8)17)21(19,20)18-14-7-12(16)11(15)6-9(14)2/h3-7,18H,17H2,1-2H3. The molecular formula is C14H14BrFN2O2S. The van der Waals surface area contributed by atoms with E-state index in [9.17, 15) is 12.8 Å². The molecule has 0 aliphatic heterocycles. The summed E-state index contributed by atoms with van der Waals surface area (Å²) in [6, 6.07) is 7.07. The Morgan fingerprint density at radius 2 is 1.81 bits per heavy atom. The fourth-order valence-electron chi connectivity index (χ4n) is 1.78. The number of anilines is 2. The van der Waals surface area contributed by atoms with Gasteiger partial charge in [-0.3, -0.25) is 4.72 Å². The van der Waals surface area contributed by atoms with Gasteiger partial charge in [-0.2, -0.15) is 0 Å². The number of nitrogens with two attached hydrogens (primary N) is 1. The fraction of sp³-hybridized carbons (Fsp3) is 0.143. The summed E-state index contributed by atoms with van der Waals surface area (Å²) in [5.74, 6) is -0.535. The highest BCUT2D eigenvalue weighted by atomic mass is 79.9. The number of nitrogens with one attached hydrogen (secondary N) is 1. The van der Waals surface area contributed by atoms with E-state index in [4.69, 9.17) is 5.73 Å². The lowest BCUT2D eigenvalue weighted by Crippen LogP contribution is -2.14. The third kappa shape index (κ3) is 3.36. The maximum Gasteiger partial charge on any atom is 0.261 e. The Morgan fingerprint density at radius 3 is 2.43 bits per heavy atom. The summed E-state index contributed by atoms with van der Waals surface area (Å²) < 4.78 is 40.9. The average Bonchev–Trinajstić information content (AvgIpc) is 2.39. The largest absolute Gasteiger partial charge is 0.399 e. The molecule has 0 aliphatic rings. The Kier molecular flexibility index (Phi) is 4.25. The van der Waals surface area contributed by atoms with Crippen LogP contribution in [0.1, 0.15) is 11.1 Å². The Balaban J connectivity index is 2.42. The molecule has 7 heteroatoms. The zero-order chi connectivity index (χ0) is 15.8. The van der Waals surface area contributed by atoms with Gasteiger partial charge < -0.3 is 5.73 Å². The van der Waals surface area contributed by atoms with E-state index in [0.717, 1.165) is 6.07 Å². The Labute approximate surface area is 131 Å². The van der Waals surface area contributed by atoms with E-state index in [-0.39, 0.29) is 15.1 Å². The quantitative estimate of drug-likeness (QED) is 0.808. The van der Waals surface area contributed by atoms with Gasteiger partial charge in [0.05, 0.1) is 15.1 Å². The van der Waals surface area contributed by atoms with Gasteiger partial charge in [-0.25, -0.2) is 12.8 Å². The van der Waals surface area contributed by atoms with Gasteiger partial charge in [0, 0.05) is 5.69 Å². The van der Waals surface area contributed by atoms with E-state index in [2.05, 4.69) is 20.7 Å². The molecular weight excluding hydrogens is 359 g/mol. The lowest BCUT2D eigenvalue weighted by atomic mass is 10.2. The van der Waals surface area contributed by atoms with Crippen LogP contribution in [-0.2, 0) is 10.0 Å². The van der Waals surface area contributed by atoms with Gasteiger partial charge in [-0.15, -0.1) is 0 Å². The predicted octanol–water partition coefficient (Wildman–Crippen LogP) is 3.59. The molecule has 0 bridgehead atoms. The Bertz CT molecular complexity index is 807. The molecule has 0 spiro atoms. The minimum absolute atomic E-state index is 0.0805. The highest BCUT2D eigenvalue weighted by molar-refractivity contribution is 9.10. The third-order valence-corrected chi connectivity index (χ3v) is 5.03. The van der Waals surface area contributed by atoms with Crippen LogP contribution in [0.4, 0.5) is 15.8 Å². The average molecular weight is 373 g/mol. The van der Waals surface area contributed by atoms with E-state index in [1.807, 2.05) is 0 Å². The van der Waals surface area contributed by atoms with Crippen molar-refractivity contribution in [2.75, 3.05) is 10.5 Å². The van der Waals surface area contributed by atoms with Crippen LogP contribution in [0, 0.1) is 19.7 Å². The molecule has 0 atom stereocenters. The van der Waals surface area contributed by atoms with Crippen molar-refractivity contribution in [2.24, 2.45) is 0 Å². The van der Waals surface area contributed by atoms with Crippen molar-refractivity contribution in [1.29, 1.82) is 0 Å². The summed E-state index contributed by atoms with van der Waals surface area (Å²) in [6.07, 6.45) is 0. The van der Waals surface area contributed by atoms with Crippen molar-refractivity contribution in [3.8, 4) is 0 Å². The summed E-state index contributed by atoms with van der Waals surface area (Å²) >= 11 is 3.06. The van der Waals surface area contributed by atoms with Crippen LogP contribution in [0.2, 0.25) is 0 Å². The smallest absolute Gasteiger partial charge is 0.261 e. The minimum atomic E-state index is -3.79. The van der Waals surface area contributed by atoms with Crippen LogP contribution < -0.4 is 10.5 Å². The molecule has 0 radical (unpaired) electrons. The molecule has 21 heavy (non-hydrogen) atoms. The van der Waals surface area contributed by atoms with Crippen molar-refractivity contribution in [1.82, 2.24) is 0 Å². The van der Waals surface area contributed by atoms with E-state index in [0.29, 0.717) is 16.8 Å². The molecule has 2 aromatic rings. The molecule has 2 rings (SSSR count). The second-order valence-corrected chi connectivity index (χ2v) is 7.24. The molecule has 0 unspecified atom stereocenters. The fourth-order valence-corrected chi connectivity index (χ4v) is 3.44. The van der Waals surface area contributed by atoms with Gasteiger partial charge >= 0.3 is 0 Å². The maximum atomic E-state index is 13.6. The van der Waals surface area contributed by atoms with Crippen molar-refractivity contribution in [2.45, 2.75) is 18.7 Å². The summed E-state index contributed by atoms with van der Waals surface area (Å²) in [6.45, 7) is 3.41. The molecule has 0 saturated carbocycles. The van der Waals surface area contributed by atoms with Crippen LogP contribution in [-0.4, -0.2) is 8.42 Å². The first kappa shape index (κ1) is 15.8. The van der Waals surface area contributed by atoms with Gasteiger partial charge in [-0.1, -0.05) is 0 Å². The molecule has 4 nitrogen and oxygen atoms in total. The number of benzene rings is 2. The summed E-state index contributed by atoms with van der Waals surface area (Å²) in [7, 11) is -3.79. The highest BCUT2D eigenvalue weighted by Gasteiger charge is 2.17. The van der Waals surface area contributed by atoms with Gasteiger partial charge in [-0.05, 0) is 71.2 Å². The van der Waals surface area contributed by atoms with Crippen molar-refractivity contribution in [3.05, 3.63) is 51.7 Å². The molecule has 0 heterocycles. The second-order valence-electron chi connectivity index (χ2n) is 4.71. The number of aryl methyl sites for hydroxylation is 2. The minimum Gasteiger partial charge on any atom is -0.399 e. The first-order chi connectivity index (χ1) is 9.70. The number of hydrogen-bond donors (Lipinski definition) is 2. The predicted molar refractivity (Wildman–Crippen MR) is 85.2 cm³/mol. The van der Waals surface area contributed by atoms with Gasteiger partial charge in [0.15, 0.2) is 0 Å². The summed E-state index contributed by atoms with van der Waals surface area (Å²) in [5, 5.41) is 0. The molecule has 0 amide bonds. The molecule has 0 fully saturated rings. The van der Waals surface area contributed by atoms with Crippen LogP contribution in [0.3, 0.4) is 0 Å². The highest BCUT2D eigenvalue weighted by Crippen LogP contribution is 2.26. The van der Waals surface area contributed by atoms with E-state index < -0.39 is 15.8 Å². The van der Waals surface area contributed by atoms with Crippen LogP contribution >= 0.6 is 15.9 Å². The number of halogens is 2. The van der Waals surface area contributed by atoms with Crippen molar-refractivity contribution < 1.29 is 12.8 Å². The van der Waals surface area contributed by atoms with Gasteiger partial charge in [0.1, 0.15) is 5.82 Å². The van der Waals surface area contributed by atoms with E-state index >= 15 is 0 Å². The first-order valence-corrected chi connectivity index (χ1v) is 8.33. The normalized spacial score (nSPS) is 11.4. The second kappa shape index (κ2) is 5.65. The molecule has 112 valence electrons. The lowest BCUT2D eigenvalue weighted by Gasteiger charge is -2.12. The van der Waals surface area contributed by atoms with Gasteiger partial charge in [0.2, 0.25) is 0 Å². The topological polar surface area (TPSA) is 72.2 Å². The number of hydrogen-bond acceptors (Lipinski definition) is 3. The summed E-state index contributed by atoms with van der Waals surface area (Å²) in [4.78, 5) is 0.0805. The molecule has 0 saturated heterocycles. The van der Waals surface area contributed by atoms with Crippen molar-refractivity contribution >= 4 is 37.3 Å². The lowest BCUT2D eigenvalue weighted by molar-refractivity contribution is 0.601. The zero-order valence-corrected chi connectivity index (χ0v) is 13.8. The molecule has 2 aromatic carbocycles. The molecule has 0 aromatic heterocycles. The number of nitrogen functional groups attached to an aromatic ring is 1. The number of rotatable bonds is 3. The van der Waals surface area contributed by atoms with Crippen LogP contribution in [0.15, 0.2) is 39.7 Å². The van der Waals surface area contributed by atoms with E-state index in [1.165, 1.54) is 24.3 Å². The Morgan fingerprint density at radius 1 is 1.14 bits per heavy atom. The van der Waals surface area contributed by atoms with Crippen LogP contribution in [0.25, 0.3) is 0 Å².